The van der Waals surface area contributed by atoms with Crippen molar-refractivity contribution in [3.63, 3.8) is 0 Å². The van der Waals surface area contributed by atoms with Crippen LogP contribution in [0.5, 0.6) is 23.0 Å². The molecule has 0 atom stereocenters. The van der Waals surface area contributed by atoms with Gasteiger partial charge in [-0.2, -0.15) is 8.78 Å². The van der Waals surface area contributed by atoms with E-state index in [1.807, 2.05) is 0 Å². The zero-order chi connectivity index (χ0) is 24.3. The Balaban J connectivity index is 2.56. The molecular weight excluding hydrogens is 448 g/mol. The van der Waals surface area contributed by atoms with E-state index in [1.54, 1.807) is 0 Å². The molecule has 0 heterocycles. The number of aliphatic imine (C=N–C) groups is 1. The first-order chi connectivity index (χ1) is 15.0. The summed E-state index contributed by atoms with van der Waals surface area (Å²) in [6.45, 7) is 1.35. The minimum absolute atomic E-state index is 0.224. The Bertz CT molecular complexity index is 1150. The van der Waals surface area contributed by atoms with E-state index in [2.05, 4.69) is 14.5 Å². The van der Waals surface area contributed by atoms with E-state index in [0.717, 1.165) is 14.2 Å². The van der Waals surface area contributed by atoms with E-state index in [9.17, 15) is 41.4 Å². The predicted molar refractivity (Wildman–Crippen MR) is 99.9 cm³/mol. The summed E-state index contributed by atoms with van der Waals surface area (Å²) in [6.07, 6.45) is 0.629. The number of aromatic hydroxyl groups is 2. The van der Waals surface area contributed by atoms with Gasteiger partial charge >= 0.3 is 0 Å². The highest BCUT2D eigenvalue weighted by atomic mass is 19.2. The first kappa shape index (κ1) is 24.6. The first-order valence-corrected chi connectivity index (χ1v) is 8.67. The van der Waals surface area contributed by atoms with Gasteiger partial charge in [0.15, 0.2) is 23.3 Å². The molecule has 0 bridgehead atoms. The number of carbonyl (C=O) groups excluding carboxylic acids is 1. The smallest absolute Gasteiger partial charge is 0.272 e. The van der Waals surface area contributed by atoms with Crippen LogP contribution in [0.25, 0.3) is 6.08 Å². The Hall–Kier alpha value is -3.70. The Kier molecular flexibility index (Phi) is 7.39. The van der Waals surface area contributed by atoms with E-state index in [0.29, 0.717) is 6.08 Å². The van der Waals surface area contributed by atoms with Crippen molar-refractivity contribution in [3.8, 4) is 23.0 Å². The molecule has 32 heavy (non-hydrogen) atoms. The molecule has 0 aliphatic heterocycles. The second kappa shape index (κ2) is 9.62. The highest BCUT2D eigenvalue weighted by Gasteiger charge is 2.27. The van der Waals surface area contributed by atoms with Crippen molar-refractivity contribution < 1.29 is 50.8 Å². The molecule has 2 aromatic rings. The molecular formula is C20H15F6NO5. The summed E-state index contributed by atoms with van der Waals surface area (Å²) in [4.78, 5) is 15.5. The van der Waals surface area contributed by atoms with Crippen molar-refractivity contribution >= 4 is 18.2 Å². The highest BCUT2D eigenvalue weighted by molar-refractivity contribution is 6.04. The van der Waals surface area contributed by atoms with Gasteiger partial charge in [-0.25, -0.2) is 22.6 Å². The minimum atomic E-state index is -1.87. The molecule has 1 amide bonds. The van der Waals surface area contributed by atoms with Gasteiger partial charge in [-0.1, -0.05) is 6.92 Å². The Morgan fingerprint density at radius 1 is 0.812 bits per heavy atom. The second-order valence-corrected chi connectivity index (χ2v) is 6.06. The van der Waals surface area contributed by atoms with Crippen LogP contribution in [-0.2, 0) is 4.79 Å². The Morgan fingerprint density at radius 3 is 1.69 bits per heavy atom. The van der Waals surface area contributed by atoms with Gasteiger partial charge in [0.1, 0.15) is 0 Å². The maximum absolute atomic E-state index is 14.4. The number of phenolic OH excluding ortho intramolecular Hbond substituents is 2. The molecule has 6 nitrogen and oxygen atoms in total. The molecule has 0 spiro atoms. The summed E-state index contributed by atoms with van der Waals surface area (Å²) in [5, 5.41) is 18.8. The summed E-state index contributed by atoms with van der Waals surface area (Å²) >= 11 is 0. The number of benzene rings is 2. The number of hydrogen-bond acceptors (Lipinski definition) is 5. The molecule has 172 valence electrons. The van der Waals surface area contributed by atoms with Crippen LogP contribution in [0.4, 0.5) is 26.3 Å². The SMILES string of the molecule is CC/C(=C\c1c(F)c(F)c(O)c(OC)c1F)C(=O)N=Cc1c(F)c(F)c(O)c(OC)c1F. The van der Waals surface area contributed by atoms with Crippen LogP contribution >= 0.6 is 0 Å². The van der Waals surface area contributed by atoms with E-state index in [-0.39, 0.29) is 12.6 Å². The van der Waals surface area contributed by atoms with Gasteiger partial charge < -0.3 is 19.7 Å². The van der Waals surface area contributed by atoms with Crippen LogP contribution in [0.2, 0.25) is 0 Å². The lowest BCUT2D eigenvalue weighted by atomic mass is 10.1. The molecule has 2 N–H and O–H groups in total. The maximum Gasteiger partial charge on any atom is 0.272 e. The van der Waals surface area contributed by atoms with E-state index < -0.39 is 80.5 Å². The number of carbonyl (C=O) groups is 1. The van der Waals surface area contributed by atoms with Crippen LogP contribution < -0.4 is 9.47 Å². The number of phenols is 2. The summed E-state index contributed by atoms with van der Waals surface area (Å²) in [7, 11) is 1.75. The normalized spacial score (nSPS) is 11.8. The van der Waals surface area contributed by atoms with Crippen molar-refractivity contribution in [2.24, 2.45) is 4.99 Å². The zero-order valence-corrected chi connectivity index (χ0v) is 16.7. The zero-order valence-electron chi connectivity index (χ0n) is 16.7. The lowest BCUT2D eigenvalue weighted by Gasteiger charge is -2.11. The molecule has 2 aromatic carbocycles. The summed E-state index contributed by atoms with van der Waals surface area (Å²) < 4.78 is 93.1. The number of halogens is 6. The van der Waals surface area contributed by atoms with Crippen molar-refractivity contribution in [2.75, 3.05) is 14.2 Å². The van der Waals surface area contributed by atoms with Crippen LogP contribution in [0.1, 0.15) is 24.5 Å². The van der Waals surface area contributed by atoms with E-state index in [4.69, 9.17) is 0 Å². The third-order valence-corrected chi connectivity index (χ3v) is 4.27. The first-order valence-electron chi connectivity index (χ1n) is 8.67. The predicted octanol–water partition coefficient (Wildman–Crippen LogP) is 4.39. The molecule has 0 aromatic heterocycles. The minimum Gasteiger partial charge on any atom is -0.502 e. The van der Waals surface area contributed by atoms with Gasteiger partial charge in [0.05, 0.1) is 25.3 Å². The molecule has 0 unspecified atom stereocenters. The summed E-state index contributed by atoms with van der Waals surface area (Å²) in [5.74, 6) is -16.7. The molecule has 0 fully saturated rings. The molecule has 2 rings (SSSR count). The largest absolute Gasteiger partial charge is 0.502 e. The molecule has 0 aliphatic rings. The summed E-state index contributed by atoms with van der Waals surface area (Å²) in [5.41, 5.74) is -2.69. The van der Waals surface area contributed by atoms with Gasteiger partial charge in [0.2, 0.25) is 34.6 Å². The third kappa shape index (κ3) is 4.20. The average Bonchev–Trinajstić information content (AvgIpc) is 2.77. The van der Waals surface area contributed by atoms with Gasteiger partial charge in [-0.15, -0.1) is 0 Å². The molecule has 0 saturated carbocycles. The monoisotopic (exact) mass is 463 g/mol. The van der Waals surface area contributed by atoms with Gasteiger partial charge in [0.25, 0.3) is 5.91 Å². The fourth-order valence-electron chi connectivity index (χ4n) is 2.60. The van der Waals surface area contributed by atoms with Gasteiger partial charge in [-0.05, 0) is 12.5 Å². The number of hydrogen-bond donors (Lipinski definition) is 2. The van der Waals surface area contributed by atoms with E-state index in [1.165, 1.54) is 6.92 Å². The van der Waals surface area contributed by atoms with Gasteiger partial charge in [0, 0.05) is 11.8 Å². The van der Waals surface area contributed by atoms with Crippen molar-refractivity contribution in [1.82, 2.24) is 0 Å². The second-order valence-electron chi connectivity index (χ2n) is 6.06. The third-order valence-electron chi connectivity index (χ3n) is 4.27. The Morgan fingerprint density at radius 2 is 1.25 bits per heavy atom. The number of methoxy groups -OCH3 is 2. The molecule has 0 saturated heterocycles. The fourth-order valence-corrected chi connectivity index (χ4v) is 2.60. The topological polar surface area (TPSA) is 88.4 Å². The summed E-state index contributed by atoms with van der Waals surface area (Å²) in [6, 6.07) is 0. The standard InChI is InChI=1S/C20H15F6NO5/c1-4-7(5-8-10(21)14(25)16(28)18(31-2)12(8)23)20(30)27-6-9-11(22)15(26)17(29)19(32-3)13(9)24/h5-6,28-29H,4H2,1-3H3/b7-5+,27-6?. The highest BCUT2D eigenvalue weighted by Crippen LogP contribution is 2.38. The maximum atomic E-state index is 14.4. The lowest BCUT2D eigenvalue weighted by Crippen LogP contribution is -2.06. The molecule has 0 aliphatic carbocycles. The number of rotatable bonds is 6. The number of ether oxygens (including phenoxy) is 2. The lowest BCUT2D eigenvalue weighted by molar-refractivity contribution is -0.114. The van der Waals surface area contributed by atoms with E-state index >= 15 is 0 Å². The van der Waals surface area contributed by atoms with Gasteiger partial charge in [-0.3, -0.25) is 4.79 Å². The number of nitrogens with zero attached hydrogens (tertiary/aromatic N) is 1. The van der Waals surface area contributed by atoms with Crippen LogP contribution in [-0.4, -0.2) is 36.6 Å². The van der Waals surface area contributed by atoms with Crippen molar-refractivity contribution in [1.29, 1.82) is 0 Å². The van der Waals surface area contributed by atoms with Crippen molar-refractivity contribution in [3.05, 3.63) is 51.6 Å². The Labute approximate surface area is 177 Å². The molecule has 0 radical (unpaired) electrons. The quantitative estimate of drug-likeness (QED) is 0.287. The van der Waals surface area contributed by atoms with Crippen LogP contribution in [0.3, 0.4) is 0 Å². The fraction of sp³-hybridized carbons (Fsp3) is 0.200. The van der Waals surface area contributed by atoms with Crippen LogP contribution in [0, 0.1) is 34.9 Å². The molecule has 12 heteroatoms. The number of amides is 1. The average molecular weight is 463 g/mol. The van der Waals surface area contributed by atoms with Crippen molar-refractivity contribution in [2.45, 2.75) is 13.3 Å². The van der Waals surface area contributed by atoms with Crippen LogP contribution in [0.15, 0.2) is 10.6 Å².